The number of pyridine rings is 1. The van der Waals surface area contributed by atoms with Gasteiger partial charge in [-0.25, -0.2) is 0 Å². The summed E-state index contributed by atoms with van der Waals surface area (Å²) in [5.41, 5.74) is 1.79. The first-order chi connectivity index (χ1) is 9.74. The first-order valence-electron chi connectivity index (χ1n) is 5.96. The zero-order chi connectivity index (χ0) is 13.9. The molecule has 0 spiro atoms. The van der Waals surface area contributed by atoms with Crippen molar-refractivity contribution in [3.63, 3.8) is 0 Å². The van der Waals surface area contributed by atoms with E-state index in [1.54, 1.807) is 13.2 Å². The molecule has 0 fully saturated rings. The highest BCUT2D eigenvalue weighted by Crippen LogP contribution is 2.20. The number of fused-ring (bicyclic) bond motifs is 1. The van der Waals surface area contributed by atoms with Crippen LogP contribution in [0.4, 0.5) is 17.6 Å². The van der Waals surface area contributed by atoms with Gasteiger partial charge in [0.1, 0.15) is 0 Å². The van der Waals surface area contributed by atoms with E-state index in [0.717, 1.165) is 16.6 Å². The van der Waals surface area contributed by atoms with Gasteiger partial charge in [-0.1, -0.05) is 6.07 Å². The van der Waals surface area contributed by atoms with Crippen LogP contribution < -0.4 is 10.6 Å². The maximum absolute atomic E-state index is 5.84. The second-order valence-corrected chi connectivity index (χ2v) is 4.38. The number of rotatable bonds is 3. The molecule has 7 heteroatoms. The van der Waals surface area contributed by atoms with Crippen molar-refractivity contribution >= 4 is 40.1 Å². The van der Waals surface area contributed by atoms with Gasteiger partial charge in [0, 0.05) is 24.3 Å². The Morgan fingerprint density at radius 2 is 1.90 bits per heavy atom. The summed E-state index contributed by atoms with van der Waals surface area (Å²) >= 11 is 5.84. The Bertz CT molecular complexity index is 761. The van der Waals surface area contributed by atoms with E-state index in [2.05, 4.69) is 30.6 Å². The lowest BCUT2D eigenvalue weighted by Gasteiger charge is -2.07. The van der Waals surface area contributed by atoms with Crippen LogP contribution in [0.5, 0.6) is 0 Å². The van der Waals surface area contributed by atoms with Gasteiger partial charge in [0.15, 0.2) is 0 Å². The monoisotopic (exact) mass is 286 g/mol. The van der Waals surface area contributed by atoms with Crippen molar-refractivity contribution < 1.29 is 0 Å². The van der Waals surface area contributed by atoms with Gasteiger partial charge in [0.05, 0.1) is 5.52 Å². The molecule has 2 N–H and O–H groups in total. The summed E-state index contributed by atoms with van der Waals surface area (Å²) in [6, 6.07) is 9.70. The fourth-order valence-electron chi connectivity index (χ4n) is 1.80. The number of anilines is 3. The summed E-state index contributed by atoms with van der Waals surface area (Å²) < 4.78 is 0. The maximum atomic E-state index is 5.84. The molecule has 2 aromatic heterocycles. The minimum Gasteiger partial charge on any atom is -0.357 e. The quantitative estimate of drug-likeness (QED) is 0.771. The lowest BCUT2D eigenvalue weighted by atomic mass is 10.2. The Kier molecular flexibility index (Phi) is 3.30. The molecule has 3 aromatic rings. The van der Waals surface area contributed by atoms with Gasteiger partial charge < -0.3 is 10.6 Å². The summed E-state index contributed by atoms with van der Waals surface area (Å²) in [6.07, 6.45) is 1.76. The van der Waals surface area contributed by atoms with Crippen LogP contribution in [-0.4, -0.2) is 27.0 Å². The van der Waals surface area contributed by atoms with Crippen molar-refractivity contribution in [2.45, 2.75) is 0 Å². The van der Waals surface area contributed by atoms with Crippen molar-refractivity contribution in [2.75, 3.05) is 17.7 Å². The topological polar surface area (TPSA) is 75.6 Å². The highest BCUT2D eigenvalue weighted by Gasteiger charge is 2.04. The van der Waals surface area contributed by atoms with Gasteiger partial charge in [-0.15, -0.1) is 0 Å². The van der Waals surface area contributed by atoms with Crippen molar-refractivity contribution in [3.05, 3.63) is 41.8 Å². The maximum Gasteiger partial charge on any atom is 0.233 e. The molecule has 0 amide bonds. The lowest BCUT2D eigenvalue weighted by Crippen LogP contribution is -2.03. The van der Waals surface area contributed by atoms with E-state index in [-0.39, 0.29) is 5.28 Å². The molecular formula is C13H11ClN6. The van der Waals surface area contributed by atoms with Gasteiger partial charge in [0.2, 0.25) is 17.2 Å². The van der Waals surface area contributed by atoms with E-state index in [4.69, 9.17) is 11.6 Å². The predicted molar refractivity (Wildman–Crippen MR) is 79.4 cm³/mol. The first-order valence-corrected chi connectivity index (χ1v) is 6.33. The Balaban J connectivity index is 1.94. The van der Waals surface area contributed by atoms with Gasteiger partial charge in [-0.3, -0.25) is 4.98 Å². The average molecular weight is 287 g/mol. The average Bonchev–Trinajstić information content (AvgIpc) is 2.46. The minimum atomic E-state index is 0.134. The largest absolute Gasteiger partial charge is 0.357 e. The van der Waals surface area contributed by atoms with Crippen LogP contribution in [-0.2, 0) is 0 Å². The molecule has 0 saturated heterocycles. The van der Waals surface area contributed by atoms with Crippen LogP contribution in [0.1, 0.15) is 0 Å². The summed E-state index contributed by atoms with van der Waals surface area (Å²) in [6.45, 7) is 0. The number of halogens is 1. The minimum absolute atomic E-state index is 0.134. The molecule has 0 aliphatic heterocycles. The Labute approximate surface area is 120 Å². The summed E-state index contributed by atoms with van der Waals surface area (Å²) in [7, 11) is 1.72. The number of nitrogens with one attached hydrogen (secondary N) is 2. The molecule has 0 bridgehead atoms. The Morgan fingerprint density at radius 1 is 1.05 bits per heavy atom. The molecule has 0 atom stereocenters. The molecule has 1 aromatic carbocycles. The molecular weight excluding hydrogens is 276 g/mol. The molecule has 0 radical (unpaired) electrons. The summed E-state index contributed by atoms with van der Waals surface area (Å²) in [4.78, 5) is 16.4. The third kappa shape index (κ3) is 2.60. The Hall–Kier alpha value is -2.47. The van der Waals surface area contributed by atoms with Crippen LogP contribution in [0, 0.1) is 0 Å². The number of nitrogens with zero attached hydrogens (tertiary/aromatic N) is 4. The highest BCUT2D eigenvalue weighted by molar-refractivity contribution is 6.28. The first kappa shape index (κ1) is 12.6. The van der Waals surface area contributed by atoms with Gasteiger partial charge in [-0.2, -0.15) is 15.0 Å². The molecule has 100 valence electrons. The third-order valence-electron chi connectivity index (χ3n) is 2.69. The molecule has 0 aliphatic carbocycles. The van der Waals surface area contributed by atoms with E-state index >= 15 is 0 Å². The second-order valence-electron chi connectivity index (χ2n) is 4.04. The van der Waals surface area contributed by atoms with Gasteiger partial charge in [0.25, 0.3) is 0 Å². The van der Waals surface area contributed by atoms with E-state index < -0.39 is 0 Å². The molecule has 6 nitrogen and oxygen atoms in total. The van der Waals surface area contributed by atoms with E-state index in [0.29, 0.717) is 11.9 Å². The zero-order valence-electron chi connectivity index (χ0n) is 10.6. The lowest BCUT2D eigenvalue weighted by molar-refractivity contribution is 1.05. The number of hydrogen-bond acceptors (Lipinski definition) is 6. The summed E-state index contributed by atoms with van der Waals surface area (Å²) in [5.74, 6) is 0.799. The molecule has 0 unspecified atom stereocenters. The fourth-order valence-corrected chi connectivity index (χ4v) is 1.96. The van der Waals surface area contributed by atoms with Crippen LogP contribution in [0.3, 0.4) is 0 Å². The van der Waals surface area contributed by atoms with E-state index in [9.17, 15) is 0 Å². The fraction of sp³-hybridized carbons (Fsp3) is 0.0769. The van der Waals surface area contributed by atoms with Crippen LogP contribution >= 0.6 is 11.6 Å². The summed E-state index contributed by atoms with van der Waals surface area (Å²) in [5, 5.41) is 7.09. The molecule has 0 aliphatic rings. The zero-order valence-corrected chi connectivity index (χ0v) is 11.4. The number of benzene rings is 1. The molecule has 20 heavy (non-hydrogen) atoms. The van der Waals surface area contributed by atoms with E-state index in [1.807, 2.05) is 30.3 Å². The van der Waals surface area contributed by atoms with Crippen molar-refractivity contribution in [2.24, 2.45) is 0 Å². The molecule has 3 rings (SSSR count). The smallest absolute Gasteiger partial charge is 0.233 e. The van der Waals surface area contributed by atoms with Gasteiger partial charge in [-0.05, 0) is 35.9 Å². The number of aromatic nitrogens is 4. The molecule has 0 saturated carbocycles. The highest BCUT2D eigenvalue weighted by atomic mass is 35.5. The van der Waals surface area contributed by atoms with Crippen LogP contribution in [0.25, 0.3) is 10.9 Å². The van der Waals surface area contributed by atoms with Crippen molar-refractivity contribution in [1.82, 2.24) is 19.9 Å². The number of hydrogen-bond donors (Lipinski definition) is 2. The molecule has 2 heterocycles. The van der Waals surface area contributed by atoms with E-state index in [1.165, 1.54) is 0 Å². The normalized spacial score (nSPS) is 10.5. The van der Waals surface area contributed by atoms with Crippen molar-refractivity contribution in [1.29, 1.82) is 0 Å². The predicted octanol–water partition coefficient (Wildman–Crippen LogP) is 2.86. The Morgan fingerprint density at radius 3 is 2.75 bits per heavy atom. The standard InChI is InChI=1S/C13H11ClN6/c1-15-12-18-11(14)19-13(20-12)17-9-4-5-10-8(7-9)3-2-6-16-10/h2-7H,1H3,(H2,15,17,18,19,20). The van der Waals surface area contributed by atoms with Crippen LogP contribution in [0.2, 0.25) is 5.28 Å². The van der Waals surface area contributed by atoms with Crippen molar-refractivity contribution in [3.8, 4) is 0 Å². The van der Waals surface area contributed by atoms with Crippen LogP contribution in [0.15, 0.2) is 36.5 Å². The SMILES string of the molecule is CNc1nc(Cl)nc(Nc2ccc3ncccc3c2)n1. The second kappa shape index (κ2) is 5.26. The van der Waals surface area contributed by atoms with Gasteiger partial charge >= 0.3 is 0 Å². The third-order valence-corrected chi connectivity index (χ3v) is 2.86.